The molecule has 8 nitrogen and oxygen atoms in total. The number of hydrogen-bond acceptors (Lipinski definition) is 8. The Morgan fingerprint density at radius 3 is 2.57 bits per heavy atom. The maximum absolute atomic E-state index is 10.8. The highest BCUT2D eigenvalue weighted by Gasteiger charge is 2.19. The van der Waals surface area contributed by atoms with E-state index in [1.807, 2.05) is 38.1 Å². The highest BCUT2D eigenvalue weighted by molar-refractivity contribution is 7.99. The van der Waals surface area contributed by atoms with Crippen LogP contribution in [0.4, 0.5) is 5.69 Å². The van der Waals surface area contributed by atoms with Crippen LogP contribution in [-0.2, 0) is 0 Å². The molecule has 0 aliphatic heterocycles. The Balaban J connectivity index is 1.58. The number of fused-ring (bicyclic) bond motifs is 1. The van der Waals surface area contributed by atoms with Crippen molar-refractivity contribution in [1.29, 1.82) is 0 Å². The number of para-hydroxylation sites is 1. The average molecular weight is 393 g/mol. The summed E-state index contributed by atoms with van der Waals surface area (Å²) >= 11 is 1.52. The summed E-state index contributed by atoms with van der Waals surface area (Å²) in [6, 6.07) is 13.8. The molecule has 0 N–H and O–H groups in total. The second kappa shape index (κ2) is 7.35. The standard InChI is InChI=1S/C19H15N5O3S/c1-11(28-19-15-5-3-4-6-16(15)20-12(2)21-19)17-22-23-18(27-17)13-7-9-14(10-8-13)24(25)26/h3-11H,1-2H3/t11-/m1/s1. The summed E-state index contributed by atoms with van der Waals surface area (Å²) < 4.78 is 5.79. The van der Waals surface area contributed by atoms with Crippen molar-refractivity contribution in [3.05, 3.63) is 70.4 Å². The van der Waals surface area contributed by atoms with Gasteiger partial charge < -0.3 is 4.42 Å². The Kier molecular flexibility index (Phi) is 4.74. The minimum atomic E-state index is -0.449. The second-order valence-corrected chi connectivity index (χ2v) is 7.43. The zero-order valence-corrected chi connectivity index (χ0v) is 15.9. The van der Waals surface area contributed by atoms with Crippen LogP contribution in [0.5, 0.6) is 0 Å². The SMILES string of the molecule is Cc1nc(S[C@H](C)c2nnc(-c3ccc([N+](=O)[O-])cc3)o2)c2ccccc2n1. The van der Waals surface area contributed by atoms with Gasteiger partial charge in [-0.1, -0.05) is 30.0 Å². The first-order valence-electron chi connectivity index (χ1n) is 8.49. The summed E-state index contributed by atoms with van der Waals surface area (Å²) in [5.74, 6) is 1.48. The van der Waals surface area contributed by atoms with E-state index >= 15 is 0 Å². The number of non-ortho nitro benzene ring substituents is 1. The molecule has 0 saturated carbocycles. The van der Waals surface area contributed by atoms with Crippen molar-refractivity contribution in [2.45, 2.75) is 24.1 Å². The van der Waals surface area contributed by atoms with Gasteiger partial charge in [-0.25, -0.2) is 9.97 Å². The molecule has 0 aliphatic carbocycles. The molecule has 2 aromatic carbocycles. The molecule has 2 heterocycles. The van der Waals surface area contributed by atoms with Gasteiger partial charge >= 0.3 is 0 Å². The quantitative estimate of drug-likeness (QED) is 0.207. The van der Waals surface area contributed by atoms with Crippen molar-refractivity contribution in [3.8, 4) is 11.5 Å². The average Bonchev–Trinajstić information content (AvgIpc) is 3.18. The fourth-order valence-electron chi connectivity index (χ4n) is 2.71. The number of aryl methyl sites for hydroxylation is 1. The number of benzene rings is 2. The lowest BCUT2D eigenvalue weighted by molar-refractivity contribution is -0.384. The van der Waals surface area contributed by atoms with Gasteiger partial charge in [-0.05, 0) is 32.0 Å². The van der Waals surface area contributed by atoms with Gasteiger partial charge in [0.05, 0.1) is 15.7 Å². The summed E-state index contributed by atoms with van der Waals surface area (Å²) in [5.41, 5.74) is 1.53. The van der Waals surface area contributed by atoms with Gasteiger partial charge in [0.2, 0.25) is 11.8 Å². The molecule has 140 valence electrons. The number of nitrogens with zero attached hydrogens (tertiary/aromatic N) is 5. The second-order valence-electron chi connectivity index (χ2n) is 6.10. The maximum Gasteiger partial charge on any atom is 0.269 e. The zero-order valence-electron chi connectivity index (χ0n) is 15.1. The largest absolute Gasteiger partial charge is 0.419 e. The Labute approximate surface area is 164 Å². The van der Waals surface area contributed by atoms with Crippen LogP contribution in [0.3, 0.4) is 0 Å². The number of nitro benzene ring substituents is 1. The third kappa shape index (κ3) is 3.56. The molecular weight excluding hydrogens is 378 g/mol. The van der Waals surface area contributed by atoms with E-state index in [1.54, 1.807) is 12.1 Å². The van der Waals surface area contributed by atoms with Crippen molar-refractivity contribution in [2.75, 3.05) is 0 Å². The first-order valence-corrected chi connectivity index (χ1v) is 9.37. The fourth-order valence-corrected chi connectivity index (χ4v) is 3.72. The summed E-state index contributed by atoms with van der Waals surface area (Å²) in [7, 11) is 0. The van der Waals surface area contributed by atoms with E-state index in [2.05, 4.69) is 20.2 Å². The van der Waals surface area contributed by atoms with Crippen molar-refractivity contribution in [1.82, 2.24) is 20.2 Å². The summed E-state index contributed by atoms with van der Waals surface area (Å²) in [6.07, 6.45) is 0. The number of thioether (sulfide) groups is 1. The van der Waals surface area contributed by atoms with Gasteiger partial charge in [-0.2, -0.15) is 0 Å². The molecule has 0 saturated heterocycles. The lowest BCUT2D eigenvalue weighted by Crippen LogP contribution is -1.95. The van der Waals surface area contributed by atoms with Gasteiger partial charge in [-0.15, -0.1) is 10.2 Å². The third-order valence-corrected chi connectivity index (χ3v) is 5.17. The lowest BCUT2D eigenvalue weighted by Gasteiger charge is -2.09. The van der Waals surface area contributed by atoms with Gasteiger partial charge in [0, 0.05) is 23.1 Å². The fraction of sp³-hybridized carbons (Fsp3) is 0.158. The normalized spacial score (nSPS) is 12.2. The number of nitro groups is 1. The van der Waals surface area contributed by atoms with Crippen LogP contribution in [-0.4, -0.2) is 25.1 Å². The molecule has 0 radical (unpaired) electrons. The van der Waals surface area contributed by atoms with E-state index < -0.39 is 4.92 Å². The topological polar surface area (TPSA) is 108 Å². The predicted molar refractivity (Wildman–Crippen MR) is 105 cm³/mol. The predicted octanol–water partition coefficient (Wildman–Crippen LogP) is 4.75. The molecule has 0 fully saturated rings. The molecule has 2 aromatic heterocycles. The van der Waals surface area contributed by atoms with Crippen LogP contribution in [0.25, 0.3) is 22.4 Å². The van der Waals surface area contributed by atoms with Crippen LogP contribution in [0.1, 0.15) is 23.9 Å². The summed E-state index contributed by atoms with van der Waals surface area (Å²) in [6.45, 7) is 3.82. The Bertz CT molecular complexity index is 1160. The summed E-state index contributed by atoms with van der Waals surface area (Å²) in [4.78, 5) is 19.3. The minimum absolute atomic E-state index is 0.0124. The molecule has 0 unspecified atom stereocenters. The third-order valence-electron chi connectivity index (χ3n) is 4.08. The first kappa shape index (κ1) is 18.1. The van der Waals surface area contributed by atoms with E-state index in [4.69, 9.17) is 4.42 Å². The molecule has 0 amide bonds. The molecule has 4 rings (SSSR count). The minimum Gasteiger partial charge on any atom is -0.419 e. The van der Waals surface area contributed by atoms with Crippen LogP contribution in [0.15, 0.2) is 58.0 Å². The van der Waals surface area contributed by atoms with Crippen LogP contribution in [0, 0.1) is 17.0 Å². The molecule has 1 atom stereocenters. The maximum atomic E-state index is 10.8. The van der Waals surface area contributed by atoms with Gasteiger partial charge in [-0.3, -0.25) is 10.1 Å². The zero-order chi connectivity index (χ0) is 19.7. The number of hydrogen-bond donors (Lipinski definition) is 0. The van der Waals surface area contributed by atoms with Crippen LogP contribution in [0.2, 0.25) is 0 Å². The lowest BCUT2D eigenvalue weighted by atomic mass is 10.2. The molecule has 28 heavy (non-hydrogen) atoms. The van der Waals surface area contributed by atoms with E-state index in [0.717, 1.165) is 15.9 Å². The molecule has 0 aliphatic rings. The van der Waals surface area contributed by atoms with Crippen molar-refractivity contribution >= 4 is 28.4 Å². The van der Waals surface area contributed by atoms with Crippen molar-refractivity contribution < 1.29 is 9.34 Å². The van der Waals surface area contributed by atoms with Crippen LogP contribution < -0.4 is 0 Å². The highest BCUT2D eigenvalue weighted by Crippen LogP contribution is 2.37. The van der Waals surface area contributed by atoms with Gasteiger partial charge in [0.15, 0.2) is 0 Å². The first-order chi connectivity index (χ1) is 13.5. The molecule has 4 aromatic rings. The monoisotopic (exact) mass is 393 g/mol. The van der Waals surface area contributed by atoms with Gasteiger partial charge in [0.1, 0.15) is 10.9 Å². The number of aromatic nitrogens is 4. The van der Waals surface area contributed by atoms with Crippen LogP contribution >= 0.6 is 11.8 Å². The Morgan fingerprint density at radius 2 is 1.82 bits per heavy atom. The smallest absolute Gasteiger partial charge is 0.269 e. The van der Waals surface area contributed by atoms with E-state index in [9.17, 15) is 10.1 Å². The Hall–Kier alpha value is -3.33. The molecule has 0 bridgehead atoms. The Morgan fingerprint density at radius 1 is 1.07 bits per heavy atom. The summed E-state index contributed by atoms with van der Waals surface area (Å²) in [5, 5.41) is 20.7. The molecule has 9 heteroatoms. The highest BCUT2D eigenvalue weighted by atomic mass is 32.2. The molecule has 0 spiro atoms. The van der Waals surface area contributed by atoms with Crippen molar-refractivity contribution in [3.63, 3.8) is 0 Å². The molecular formula is C19H15N5O3S. The number of rotatable bonds is 5. The van der Waals surface area contributed by atoms with E-state index in [1.165, 1.54) is 23.9 Å². The van der Waals surface area contributed by atoms with Crippen molar-refractivity contribution in [2.24, 2.45) is 0 Å². The van der Waals surface area contributed by atoms with Gasteiger partial charge in [0.25, 0.3) is 5.69 Å². The van der Waals surface area contributed by atoms with E-state index in [-0.39, 0.29) is 10.9 Å². The van der Waals surface area contributed by atoms with E-state index in [0.29, 0.717) is 23.2 Å².